The van der Waals surface area contributed by atoms with Crippen LogP contribution in [0.1, 0.15) is 6.92 Å². The molecule has 54 valence electrons. The van der Waals surface area contributed by atoms with Gasteiger partial charge in [0.1, 0.15) is 6.26 Å². The molecule has 0 saturated carbocycles. The molecule has 0 spiro atoms. The van der Waals surface area contributed by atoms with Crippen molar-refractivity contribution in [3.05, 3.63) is 12.0 Å². The second-order valence-corrected chi connectivity index (χ2v) is 4.00. The lowest BCUT2D eigenvalue weighted by Crippen LogP contribution is -1.84. The maximum atomic E-state index is 11.2. The van der Waals surface area contributed by atoms with E-state index in [1.807, 2.05) is 0 Å². The van der Waals surface area contributed by atoms with Crippen molar-refractivity contribution in [2.45, 2.75) is 6.92 Å². The standard InChI is InChI=1S/C6H7O3P/c1-3-6-5-8-10(7,4-2)9-6/h1,5H,4H2,2H3. The van der Waals surface area contributed by atoms with Crippen molar-refractivity contribution in [3.63, 3.8) is 0 Å². The van der Waals surface area contributed by atoms with E-state index in [4.69, 9.17) is 15.5 Å². The van der Waals surface area contributed by atoms with E-state index < -0.39 is 7.60 Å². The Morgan fingerprint density at radius 2 is 2.60 bits per heavy atom. The van der Waals surface area contributed by atoms with E-state index in [-0.39, 0.29) is 5.76 Å². The van der Waals surface area contributed by atoms with Gasteiger partial charge in [0, 0.05) is 0 Å². The number of allylic oxidation sites excluding steroid dienone is 1. The predicted molar refractivity (Wildman–Crippen MR) is 37.2 cm³/mol. The van der Waals surface area contributed by atoms with Gasteiger partial charge in [-0.1, -0.05) is 6.92 Å². The predicted octanol–water partition coefficient (Wildman–Crippen LogP) is 1.72. The lowest BCUT2D eigenvalue weighted by Gasteiger charge is -2.05. The van der Waals surface area contributed by atoms with E-state index in [1.54, 1.807) is 6.92 Å². The van der Waals surface area contributed by atoms with E-state index in [0.717, 1.165) is 0 Å². The summed E-state index contributed by atoms with van der Waals surface area (Å²) in [5.74, 6) is 2.41. The van der Waals surface area contributed by atoms with Crippen LogP contribution in [0.4, 0.5) is 0 Å². The maximum Gasteiger partial charge on any atom is 0.430 e. The van der Waals surface area contributed by atoms with Crippen LogP contribution in [0.3, 0.4) is 0 Å². The average molecular weight is 158 g/mol. The minimum atomic E-state index is -2.86. The van der Waals surface area contributed by atoms with E-state index in [2.05, 4.69) is 5.92 Å². The van der Waals surface area contributed by atoms with Gasteiger partial charge in [0.2, 0.25) is 5.76 Å². The Morgan fingerprint density at radius 1 is 1.90 bits per heavy atom. The molecule has 0 radical (unpaired) electrons. The van der Waals surface area contributed by atoms with Crippen molar-refractivity contribution in [2.24, 2.45) is 0 Å². The highest BCUT2D eigenvalue weighted by Crippen LogP contribution is 2.53. The lowest BCUT2D eigenvalue weighted by atomic mass is 10.6. The van der Waals surface area contributed by atoms with Crippen LogP contribution in [0.15, 0.2) is 12.0 Å². The van der Waals surface area contributed by atoms with Crippen LogP contribution in [0.5, 0.6) is 0 Å². The first kappa shape index (κ1) is 7.24. The van der Waals surface area contributed by atoms with Gasteiger partial charge >= 0.3 is 7.60 Å². The summed E-state index contributed by atoms with van der Waals surface area (Å²) in [6.07, 6.45) is 6.52. The molecule has 0 aromatic carbocycles. The number of hydrogen-bond donors (Lipinski definition) is 0. The van der Waals surface area contributed by atoms with Crippen molar-refractivity contribution in [1.82, 2.24) is 0 Å². The van der Waals surface area contributed by atoms with Crippen LogP contribution in [-0.4, -0.2) is 6.16 Å². The minimum Gasteiger partial charge on any atom is -0.419 e. The van der Waals surface area contributed by atoms with Gasteiger partial charge in [0.15, 0.2) is 0 Å². The third-order valence-electron chi connectivity index (χ3n) is 1.09. The lowest BCUT2D eigenvalue weighted by molar-refractivity contribution is 0.368. The first-order valence-corrected chi connectivity index (χ1v) is 4.57. The average Bonchev–Trinajstić information content (AvgIpc) is 2.33. The second kappa shape index (κ2) is 2.40. The molecule has 0 aliphatic carbocycles. The zero-order chi connectivity index (χ0) is 7.61. The Hall–Kier alpha value is -0.870. The number of terminal acetylenes is 1. The SMILES string of the molecule is C#CC1=COP(=O)(CC)O1. The molecule has 10 heavy (non-hydrogen) atoms. The van der Waals surface area contributed by atoms with Crippen molar-refractivity contribution < 1.29 is 13.6 Å². The Labute approximate surface area is 59.6 Å². The molecule has 0 fully saturated rings. The monoisotopic (exact) mass is 158 g/mol. The second-order valence-electron chi connectivity index (χ2n) is 1.75. The normalized spacial score (nSPS) is 29.8. The summed E-state index contributed by atoms with van der Waals surface area (Å²) in [6.45, 7) is 1.72. The van der Waals surface area contributed by atoms with E-state index in [0.29, 0.717) is 6.16 Å². The summed E-state index contributed by atoms with van der Waals surface area (Å²) in [6, 6.07) is 0. The van der Waals surface area contributed by atoms with Crippen LogP contribution in [0, 0.1) is 12.3 Å². The van der Waals surface area contributed by atoms with Crippen molar-refractivity contribution in [3.8, 4) is 12.3 Å². The molecule has 1 rings (SSSR count). The van der Waals surface area contributed by atoms with E-state index >= 15 is 0 Å². The molecule has 1 heterocycles. The Morgan fingerprint density at radius 3 is 2.90 bits per heavy atom. The van der Waals surface area contributed by atoms with Gasteiger partial charge in [0.25, 0.3) is 0 Å². The fourth-order valence-electron chi connectivity index (χ4n) is 0.521. The molecule has 1 aliphatic heterocycles. The summed E-state index contributed by atoms with van der Waals surface area (Å²) in [4.78, 5) is 0. The third-order valence-corrected chi connectivity index (χ3v) is 2.76. The molecular weight excluding hydrogens is 151 g/mol. The Balaban J connectivity index is 2.70. The summed E-state index contributed by atoms with van der Waals surface area (Å²) in [7, 11) is -2.86. The van der Waals surface area contributed by atoms with Gasteiger partial charge < -0.3 is 9.05 Å². The van der Waals surface area contributed by atoms with Gasteiger partial charge in [0.05, 0.1) is 6.16 Å². The molecule has 1 unspecified atom stereocenters. The van der Waals surface area contributed by atoms with Crippen LogP contribution < -0.4 is 0 Å². The zero-order valence-electron chi connectivity index (χ0n) is 5.53. The summed E-state index contributed by atoms with van der Waals surface area (Å²) in [5, 5.41) is 0. The third kappa shape index (κ3) is 1.17. The molecule has 3 nitrogen and oxygen atoms in total. The van der Waals surface area contributed by atoms with Gasteiger partial charge in [-0.2, -0.15) is 0 Å². The molecule has 0 aromatic heterocycles. The zero-order valence-corrected chi connectivity index (χ0v) is 6.43. The van der Waals surface area contributed by atoms with Crippen LogP contribution in [-0.2, 0) is 13.6 Å². The summed E-state index contributed by atoms with van der Waals surface area (Å²) < 4.78 is 20.7. The van der Waals surface area contributed by atoms with E-state index in [1.165, 1.54) is 6.26 Å². The highest BCUT2D eigenvalue weighted by Gasteiger charge is 2.29. The molecule has 0 amide bonds. The highest BCUT2D eigenvalue weighted by atomic mass is 31.2. The van der Waals surface area contributed by atoms with E-state index in [9.17, 15) is 4.57 Å². The quantitative estimate of drug-likeness (QED) is 0.430. The first-order chi connectivity index (χ1) is 4.70. The van der Waals surface area contributed by atoms with Crippen LogP contribution in [0.25, 0.3) is 0 Å². The number of hydrogen-bond acceptors (Lipinski definition) is 3. The van der Waals surface area contributed by atoms with Gasteiger partial charge in [-0.05, 0) is 5.92 Å². The number of rotatable bonds is 1. The highest BCUT2D eigenvalue weighted by molar-refractivity contribution is 7.54. The topological polar surface area (TPSA) is 35.5 Å². The van der Waals surface area contributed by atoms with Gasteiger partial charge in [-0.3, -0.25) is 0 Å². The fraction of sp³-hybridized carbons (Fsp3) is 0.333. The maximum absolute atomic E-state index is 11.2. The molecule has 1 aliphatic rings. The van der Waals surface area contributed by atoms with Crippen LogP contribution >= 0.6 is 7.60 Å². The minimum absolute atomic E-state index is 0.213. The van der Waals surface area contributed by atoms with Gasteiger partial charge in [-0.25, -0.2) is 4.57 Å². The summed E-state index contributed by atoms with van der Waals surface area (Å²) in [5.41, 5.74) is 0. The smallest absolute Gasteiger partial charge is 0.419 e. The van der Waals surface area contributed by atoms with Crippen molar-refractivity contribution >= 4 is 7.60 Å². The first-order valence-electron chi connectivity index (χ1n) is 2.84. The molecule has 0 aromatic rings. The molecule has 4 heteroatoms. The molecular formula is C6H7O3P. The fourth-order valence-corrected chi connectivity index (χ4v) is 1.49. The summed E-state index contributed by atoms with van der Waals surface area (Å²) >= 11 is 0. The van der Waals surface area contributed by atoms with Crippen molar-refractivity contribution in [1.29, 1.82) is 0 Å². The molecule has 0 N–H and O–H groups in total. The Kier molecular flexibility index (Phi) is 1.74. The molecule has 0 bridgehead atoms. The van der Waals surface area contributed by atoms with Gasteiger partial charge in [-0.15, -0.1) is 6.42 Å². The molecule has 1 atom stereocenters. The van der Waals surface area contributed by atoms with Crippen LogP contribution in [0.2, 0.25) is 0 Å². The van der Waals surface area contributed by atoms with Crippen molar-refractivity contribution in [2.75, 3.05) is 6.16 Å². The molecule has 0 saturated heterocycles. The Bertz CT molecular complexity index is 248. The largest absolute Gasteiger partial charge is 0.430 e.